The normalized spacial score (nSPS) is 13.8. The molecule has 0 aromatic carbocycles. The summed E-state index contributed by atoms with van der Waals surface area (Å²) in [5, 5.41) is 16.6. The zero-order chi connectivity index (χ0) is 22.8. The summed E-state index contributed by atoms with van der Waals surface area (Å²) in [7, 11) is 0. The Bertz CT molecular complexity index is 1230. The monoisotopic (exact) mass is 477 g/mol. The molecule has 10 nitrogen and oxygen atoms in total. The molecule has 3 N–H and O–H groups in total. The summed E-state index contributed by atoms with van der Waals surface area (Å²) in [5.41, 5.74) is 1.40. The first-order valence-electron chi connectivity index (χ1n) is 10.3. The molecule has 1 atom stereocenters. The second kappa shape index (κ2) is 9.43. The van der Waals surface area contributed by atoms with Gasteiger partial charge in [0.15, 0.2) is 10.8 Å². The van der Waals surface area contributed by atoms with E-state index in [1.807, 2.05) is 0 Å². The molecule has 0 radical (unpaired) electrons. The van der Waals surface area contributed by atoms with Crippen LogP contribution in [0.25, 0.3) is 11.0 Å². The molecule has 3 aromatic rings. The number of fused-ring (bicyclic) bond motifs is 2. The van der Waals surface area contributed by atoms with Crippen molar-refractivity contribution in [3.05, 3.63) is 32.6 Å². The number of carbonyl (C=O) groups is 2. The fourth-order valence-electron chi connectivity index (χ4n) is 3.61. The molecule has 1 aliphatic rings. The van der Waals surface area contributed by atoms with Crippen molar-refractivity contribution in [2.45, 2.75) is 50.1 Å². The van der Waals surface area contributed by atoms with Crippen LogP contribution < -0.4 is 10.9 Å². The number of carbonyl (C=O) groups excluding carboxylic acids is 2. The second-order valence-corrected chi connectivity index (χ2v) is 9.67. The molecule has 0 saturated heterocycles. The van der Waals surface area contributed by atoms with E-state index in [9.17, 15) is 14.4 Å². The number of aromatic nitrogens is 4. The maximum absolute atomic E-state index is 12.9. The summed E-state index contributed by atoms with van der Waals surface area (Å²) in [6.45, 7) is 3.77. The average Bonchev–Trinajstić information content (AvgIpc) is 3.43. The molecule has 1 unspecified atom stereocenters. The first-order valence-corrected chi connectivity index (χ1v) is 12.0. The molecular formula is C20H23N5O5S2. The van der Waals surface area contributed by atoms with Gasteiger partial charge in [-0.15, -0.1) is 11.3 Å². The molecule has 1 amide bonds. The lowest BCUT2D eigenvalue weighted by Gasteiger charge is -2.12. The smallest absolute Gasteiger partial charge is 0.341 e. The lowest BCUT2D eigenvalue weighted by atomic mass is 10.1. The van der Waals surface area contributed by atoms with Crippen LogP contribution >= 0.6 is 23.1 Å². The average molecular weight is 478 g/mol. The van der Waals surface area contributed by atoms with Crippen molar-refractivity contribution in [3.63, 3.8) is 0 Å². The highest BCUT2D eigenvalue weighted by molar-refractivity contribution is 8.00. The van der Waals surface area contributed by atoms with Gasteiger partial charge in [-0.3, -0.25) is 9.59 Å². The lowest BCUT2D eigenvalue weighted by molar-refractivity contribution is -0.115. The van der Waals surface area contributed by atoms with E-state index < -0.39 is 11.2 Å². The van der Waals surface area contributed by atoms with E-state index in [1.165, 1.54) is 22.2 Å². The molecule has 0 fully saturated rings. The van der Waals surface area contributed by atoms with E-state index in [2.05, 4.69) is 20.4 Å². The number of hydrogen-bond donors (Lipinski definition) is 3. The van der Waals surface area contributed by atoms with E-state index >= 15 is 0 Å². The molecule has 32 heavy (non-hydrogen) atoms. The molecule has 1 aliphatic carbocycles. The fraction of sp³-hybridized carbons (Fsp3) is 0.450. The molecule has 12 heteroatoms. The molecular weight excluding hydrogens is 454 g/mol. The van der Waals surface area contributed by atoms with E-state index in [-0.39, 0.29) is 36.4 Å². The van der Waals surface area contributed by atoms with E-state index in [4.69, 9.17) is 9.84 Å². The number of nitrogens with one attached hydrogen (secondary N) is 2. The first-order chi connectivity index (χ1) is 15.4. The molecule has 170 valence electrons. The Balaban J connectivity index is 1.54. The number of aliphatic hydroxyl groups is 1. The predicted molar refractivity (Wildman–Crippen MR) is 121 cm³/mol. The van der Waals surface area contributed by atoms with Crippen LogP contribution in [0.3, 0.4) is 0 Å². The van der Waals surface area contributed by atoms with Gasteiger partial charge in [0.2, 0.25) is 5.91 Å². The summed E-state index contributed by atoms with van der Waals surface area (Å²) in [6, 6.07) is 0. The molecule has 0 bridgehead atoms. The molecule has 4 rings (SSSR count). The van der Waals surface area contributed by atoms with Crippen molar-refractivity contribution in [2.75, 3.05) is 18.5 Å². The number of aliphatic hydroxyl groups excluding tert-OH is 1. The van der Waals surface area contributed by atoms with Crippen LogP contribution in [0.1, 0.15) is 41.1 Å². The molecule has 0 aliphatic heterocycles. The van der Waals surface area contributed by atoms with Crippen LogP contribution in [0.2, 0.25) is 0 Å². The third-order valence-corrected chi connectivity index (χ3v) is 7.28. The number of aromatic amines is 1. The Morgan fingerprint density at radius 2 is 2.25 bits per heavy atom. The van der Waals surface area contributed by atoms with Crippen LogP contribution in [-0.2, 0) is 28.9 Å². The fourth-order valence-corrected chi connectivity index (χ4v) is 5.68. The Morgan fingerprint density at radius 3 is 3.00 bits per heavy atom. The van der Waals surface area contributed by atoms with E-state index in [0.29, 0.717) is 21.6 Å². The zero-order valence-electron chi connectivity index (χ0n) is 17.6. The van der Waals surface area contributed by atoms with Gasteiger partial charge in [0, 0.05) is 4.88 Å². The number of esters is 1. The third-order valence-electron chi connectivity index (χ3n) is 5.09. The summed E-state index contributed by atoms with van der Waals surface area (Å²) in [4.78, 5) is 45.9. The van der Waals surface area contributed by atoms with E-state index in [0.717, 1.165) is 41.5 Å². The maximum atomic E-state index is 12.9. The number of aryl methyl sites for hydroxylation is 1. The van der Waals surface area contributed by atoms with Gasteiger partial charge < -0.3 is 20.1 Å². The number of amides is 1. The number of ether oxygens (including phenoxy) is 1. The van der Waals surface area contributed by atoms with Crippen molar-refractivity contribution < 1.29 is 19.4 Å². The minimum absolute atomic E-state index is 0.139. The van der Waals surface area contributed by atoms with Crippen molar-refractivity contribution >= 4 is 51.0 Å². The summed E-state index contributed by atoms with van der Waals surface area (Å²) in [6.07, 6.45) is 4.07. The van der Waals surface area contributed by atoms with Gasteiger partial charge in [0.25, 0.3) is 5.56 Å². The van der Waals surface area contributed by atoms with Gasteiger partial charge in [-0.25, -0.2) is 14.5 Å². The highest BCUT2D eigenvalue weighted by Crippen LogP contribution is 2.40. The van der Waals surface area contributed by atoms with Gasteiger partial charge in [-0.1, -0.05) is 11.8 Å². The van der Waals surface area contributed by atoms with Crippen molar-refractivity contribution in [3.8, 4) is 0 Å². The van der Waals surface area contributed by atoms with Crippen molar-refractivity contribution in [2.24, 2.45) is 0 Å². The molecule has 3 aromatic heterocycles. The summed E-state index contributed by atoms with van der Waals surface area (Å²) < 4.78 is 6.65. The van der Waals surface area contributed by atoms with Gasteiger partial charge in [0.1, 0.15) is 10.4 Å². The Hall–Kier alpha value is -2.70. The van der Waals surface area contributed by atoms with Gasteiger partial charge in [-0.05, 0) is 38.7 Å². The largest absolute Gasteiger partial charge is 0.462 e. The summed E-state index contributed by atoms with van der Waals surface area (Å²) >= 11 is 2.51. The Kier molecular flexibility index (Phi) is 6.63. The number of hydrogen-bond acceptors (Lipinski definition) is 9. The zero-order valence-corrected chi connectivity index (χ0v) is 19.3. The van der Waals surface area contributed by atoms with Crippen LogP contribution in [0, 0.1) is 0 Å². The van der Waals surface area contributed by atoms with Gasteiger partial charge >= 0.3 is 5.97 Å². The third kappa shape index (κ3) is 4.30. The van der Waals surface area contributed by atoms with E-state index in [1.54, 1.807) is 13.8 Å². The standard InChI is InChI=1S/C20H23N5O5S2/c1-3-30-19(29)14-11-5-4-6-13(11)32-18(14)23-16(27)10(2)31-20-22-15-12(17(28)24-20)9-21-25(15)7-8-26/h9-10,26H,3-8H2,1-2H3,(H,23,27)(H,22,24,28). The number of thioether (sulfide) groups is 1. The van der Waals surface area contributed by atoms with Crippen LogP contribution in [0.15, 0.2) is 16.1 Å². The van der Waals surface area contributed by atoms with Crippen LogP contribution in [0.4, 0.5) is 5.00 Å². The lowest BCUT2D eigenvalue weighted by Crippen LogP contribution is -2.24. The molecule has 3 heterocycles. The highest BCUT2D eigenvalue weighted by atomic mass is 32.2. The van der Waals surface area contributed by atoms with Crippen molar-refractivity contribution in [1.82, 2.24) is 19.7 Å². The van der Waals surface area contributed by atoms with Crippen LogP contribution in [0.5, 0.6) is 0 Å². The minimum atomic E-state index is -0.600. The topological polar surface area (TPSA) is 139 Å². The molecule has 0 spiro atoms. The molecule has 0 saturated carbocycles. The highest BCUT2D eigenvalue weighted by Gasteiger charge is 2.29. The number of rotatable bonds is 8. The first kappa shape index (κ1) is 22.5. The van der Waals surface area contributed by atoms with Gasteiger partial charge in [0.05, 0.1) is 36.8 Å². The Morgan fingerprint density at radius 1 is 1.44 bits per heavy atom. The quantitative estimate of drug-likeness (QED) is 0.254. The summed E-state index contributed by atoms with van der Waals surface area (Å²) in [5.74, 6) is -0.733. The maximum Gasteiger partial charge on any atom is 0.341 e. The minimum Gasteiger partial charge on any atom is -0.462 e. The number of anilines is 1. The second-order valence-electron chi connectivity index (χ2n) is 7.23. The van der Waals surface area contributed by atoms with Crippen LogP contribution in [-0.4, -0.2) is 55.2 Å². The SMILES string of the molecule is CCOC(=O)c1c(NC(=O)C(C)Sc2nc3c(cnn3CCO)c(=O)[nH]2)sc2c1CCC2. The van der Waals surface area contributed by atoms with Crippen molar-refractivity contribution in [1.29, 1.82) is 0 Å². The predicted octanol–water partition coefficient (Wildman–Crippen LogP) is 1.96. The van der Waals surface area contributed by atoms with Gasteiger partial charge in [-0.2, -0.15) is 5.10 Å². The number of H-pyrrole nitrogens is 1. The number of nitrogens with zero attached hydrogens (tertiary/aromatic N) is 3. The number of thiophene rings is 1. The Labute approximate surface area is 191 Å².